The SMILES string of the molecule is CCCN(C)c1ncc(CC(N)CC)cc1C. The van der Waals surface area contributed by atoms with Crippen molar-refractivity contribution in [2.75, 3.05) is 18.5 Å². The van der Waals surface area contributed by atoms with Crippen molar-refractivity contribution in [2.24, 2.45) is 5.73 Å². The molecule has 0 saturated heterocycles. The van der Waals surface area contributed by atoms with E-state index in [9.17, 15) is 0 Å². The van der Waals surface area contributed by atoms with Gasteiger partial charge in [0.25, 0.3) is 0 Å². The maximum atomic E-state index is 5.96. The highest BCUT2D eigenvalue weighted by Gasteiger charge is 2.08. The highest BCUT2D eigenvalue weighted by molar-refractivity contribution is 5.46. The van der Waals surface area contributed by atoms with E-state index in [2.05, 4.69) is 43.8 Å². The predicted molar refractivity (Wildman–Crippen MR) is 74.5 cm³/mol. The minimum Gasteiger partial charge on any atom is -0.359 e. The summed E-state index contributed by atoms with van der Waals surface area (Å²) in [5, 5.41) is 0. The van der Waals surface area contributed by atoms with E-state index >= 15 is 0 Å². The van der Waals surface area contributed by atoms with Gasteiger partial charge >= 0.3 is 0 Å². The number of pyridine rings is 1. The fraction of sp³-hybridized carbons (Fsp3) is 0.643. The van der Waals surface area contributed by atoms with E-state index in [1.54, 1.807) is 0 Å². The first kappa shape index (κ1) is 14.0. The molecule has 0 fully saturated rings. The molecule has 0 aliphatic carbocycles. The first-order valence-electron chi connectivity index (χ1n) is 6.50. The fourth-order valence-electron chi connectivity index (χ4n) is 2.03. The summed E-state index contributed by atoms with van der Waals surface area (Å²) < 4.78 is 0. The van der Waals surface area contributed by atoms with Crippen LogP contribution in [0.4, 0.5) is 5.82 Å². The van der Waals surface area contributed by atoms with Crippen LogP contribution in [0, 0.1) is 6.92 Å². The second-order valence-electron chi connectivity index (χ2n) is 4.78. The lowest BCUT2D eigenvalue weighted by Crippen LogP contribution is -2.23. The molecule has 96 valence electrons. The normalized spacial score (nSPS) is 12.5. The highest BCUT2D eigenvalue weighted by Crippen LogP contribution is 2.17. The van der Waals surface area contributed by atoms with Crippen LogP contribution in [0.1, 0.15) is 37.8 Å². The van der Waals surface area contributed by atoms with Gasteiger partial charge in [-0.25, -0.2) is 4.98 Å². The summed E-state index contributed by atoms with van der Waals surface area (Å²) in [5.41, 5.74) is 8.44. The second-order valence-corrected chi connectivity index (χ2v) is 4.78. The van der Waals surface area contributed by atoms with Crippen LogP contribution in [0.5, 0.6) is 0 Å². The van der Waals surface area contributed by atoms with Crippen LogP contribution in [0.2, 0.25) is 0 Å². The van der Waals surface area contributed by atoms with Crippen molar-refractivity contribution in [1.29, 1.82) is 0 Å². The molecule has 1 heterocycles. The second kappa shape index (κ2) is 6.60. The summed E-state index contributed by atoms with van der Waals surface area (Å²) in [4.78, 5) is 6.76. The van der Waals surface area contributed by atoms with Crippen molar-refractivity contribution in [1.82, 2.24) is 4.98 Å². The Labute approximate surface area is 105 Å². The molecule has 3 heteroatoms. The molecule has 1 unspecified atom stereocenters. The molecule has 0 spiro atoms. The minimum atomic E-state index is 0.246. The van der Waals surface area contributed by atoms with E-state index in [0.717, 1.165) is 31.6 Å². The molecule has 0 radical (unpaired) electrons. The maximum Gasteiger partial charge on any atom is 0.131 e. The number of nitrogens with two attached hydrogens (primary N) is 1. The Kier molecular flexibility index (Phi) is 5.42. The summed E-state index contributed by atoms with van der Waals surface area (Å²) in [6, 6.07) is 2.46. The summed E-state index contributed by atoms with van der Waals surface area (Å²) in [6.45, 7) is 7.46. The molecule has 2 N–H and O–H groups in total. The Morgan fingerprint density at radius 3 is 2.65 bits per heavy atom. The third kappa shape index (κ3) is 4.00. The van der Waals surface area contributed by atoms with Gasteiger partial charge in [-0.15, -0.1) is 0 Å². The first-order valence-corrected chi connectivity index (χ1v) is 6.50. The van der Waals surface area contributed by atoms with Crippen LogP contribution in [0.15, 0.2) is 12.3 Å². The third-order valence-corrected chi connectivity index (χ3v) is 3.05. The van der Waals surface area contributed by atoms with Gasteiger partial charge in [0.05, 0.1) is 0 Å². The van der Waals surface area contributed by atoms with Crippen LogP contribution < -0.4 is 10.6 Å². The summed E-state index contributed by atoms with van der Waals surface area (Å²) in [5.74, 6) is 1.08. The quantitative estimate of drug-likeness (QED) is 0.824. The fourth-order valence-corrected chi connectivity index (χ4v) is 2.03. The van der Waals surface area contributed by atoms with Gasteiger partial charge in [-0.2, -0.15) is 0 Å². The molecule has 1 aromatic heterocycles. The number of rotatable bonds is 6. The molecule has 0 bridgehead atoms. The van der Waals surface area contributed by atoms with E-state index < -0.39 is 0 Å². The molecule has 0 aliphatic heterocycles. The molecule has 1 aromatic rings. The van der Waals surface area contributed by atoms with E-state index in [1.807, 2.05) is 6.20 Å². The lowest BCUT2D eigenvalue weighted by atomic mass is 10.0. The van der Waals surface area contributed by atoms with Crippen LogP contribution in [0.25, 0.3) is 0 Å². The van der Waals surface area contributed by atoms with Gasteiger partial charge in [0.1, 0.15) is 5.82 Å². The van der Waals surface area contributed by atoms with E-state index in [4.69, 9.17) is 5.73 Å². The van der Waals surface area contributed by atoms with Crippen LogP contribution >= 0.6 is 0 Å². The van der Waals surface area contributed by atoms with E-state index in [-0.39, 0.29) is 6.04 Å². The van der Waals surface area contributed by atoms with Gasteiger partial charge in [0, 0.05) is 25.8 Å². The molecule has 1 atom stereocenters. The molecule has 1 rings (SSSR count). The molecule has 0 aliphatic rings. The Hall–Kier alpha value is -1.09. The van der Waals surface area contributed by atoms with E-state index in [0.29, 0.717) is 0 Å². The average Bonchev–Trinajstić information content (AvgIpc) is 2.29. The van der Waals surface area contributed by atoms with E-state index in [1.165, 1.54) is 11.1 Å². The number of aromatic nitrogens is 1. The smallest absolute Gasteiger partial charge is 0.131 e. The van der Waals surface area contributed by atoms with Gasteiger partial charge in [0.15, 0.2) is 0 Å². The summed E-state index contributed by atoms with van der Waals surface area (Å²) in [7, 11) is 2.09. The predicted octanol–water partition coefficient (Wildman–Crippen LogP) is 2.52. The van der Waals surface area contributed by atoms with Crippen molar-refractivity contribution < 1.29 is 0 Å². The Morgan fingerprint density at radius 1 is 1.41 bits per heavy atom. The molecule has 17 heavy (non-hydrogen) atoms. The van der Waals surface area contributed by atoms with Crippen LogP contribution in [0.3, 0.4) is 0 Å². The van der Waals surface area contributed by atoms with Gasteiger partial charge < -0.3 is 10.6 Å². The number of aryl methyl sites for hydroxylation is 1. The van der Waals surface area contributed by atoms with Crippen molar-refractivity contribution in [2.45, 2.75) is 46.1 Å². The maximum absolute atomic E-state index is 5.96. The third-order valence-electron chi connectivity index (χ3n) is 3.05. The van der Waals surface area contributed by atoms with Crippen molar-refractivity contribution in [3.05, 3.63) is 23.4 Å². The molecule has 3 nitrogen and oxygen atoms in total. The number of nitrogens with zero attached hydrogens (tertiary/aromatic N) is 2. The lowest BCUT2D eigenvalue weighted by Gasteiger charge is -2.20. The van der Waals surface area contributed by atoms with Gasteiger partial charge in [-0.3, -0.25) is 0 Å². The monoisotopic (exact) mass is 235 g/mol. The molecular weight excluding hydrogens is 210 g/mol. The Morgan fingerprint density at radius 2 is 2.12 bits per heavy atom. The number of anilines is 1. The van der Waals surface area contributed by atoms with Gasteiger partial charge in [-0.1, -0.05) is 19.9 Å². The van der Waals surface area contributed by atoms with Crippen LogP contribution in [-0.4, -0.2) is 24.6 Å². The first-order chi connectivity index (χ1) is 8.08. The zero-order valence-corrected chi connectivity index (χ0v) is 11.5. The zero-order chi connectivity index (χ0) is 12.8. The van der Waals surface area contributed by atoms with Crippen LogP contribution in [-0.2, 0) is 6.42 Å². The molecule has 0 saturated carbocycles. The van der Waals surface area contributed by atoms with Crippen molar-refractivity contribution >= 4 is 5.82 Å². The molecule has 0 amide bonds. The van der Waals surface area contributed by atoms with Crippen molar-refractivity contribution in [3.63, 3.8) is 0 Å². The highest BCUT2D eigenvalue weighted by atomic mass is 15.2. The number of hydrogen-bond acceptors (Lipinski definition) is 3. The summed E-state index contributed by atoms with van der Waals surface area (Å²) in [6.07, 6.45) is 5.03. The standard InChI is InChI=1S/C14H25N3/c1-5-7-17(4)14-11(3)8-12(10-16-14)9-13(15)6-2/h8,10,13H,5-7,9,15H2,1-4H3. The topological polar surface area (TPSA) is 42.2 Å². The minimum absolute atomic E-state index is 0.246. The Bertz CT molecular complexity index is 349. The number of hydrogen-bond donors (Lipinski definition) is 1. The van der Waals surface area contributed by atoms with Gasteiger partial charge in [-0.05, 0) is 37.3 Å². The average molecular weight is 235 g/mol. The largest absolute Gasteiger partial charge is 0.359 e. The van der Waals surface area contributed by atoms with Crippen molar-refractivity contribution in [3.8, 4) is 0 Å². The molecule has 0 aromatic carbocycles. The lowest BCUT2D eigenvalue weighted by molar-refractivity contribution is 0.644. The Balaban J connectivity index is 2.78. The molecular formula is C14H25N3. The summed E-state index contributed by atoms with van der Waals surface area (Å²) >= 11 is 0. The zero-order valence-electron chi connectivity index (χ0n) is 11.5. The van der Waals surface area contributed by atoms with Gasteiger partial charge in [0.2, 0.25) is 0 Å².